The predicted molar refractivity (Wildman–Crippen MR) is 55.5 cm³/mol. The molecule has 0 aliphatic rings. The van der Waals surface area contributed by atoms with Gasteiger partial charge in [0.15, 0.2) is 0 Å². The van der Waals surface area contributed by atoms with Crippen molar-refractivity contribution in [3.05, 3.63) is 22.4 Å². The molecular formula is C10H17NS. The maximum absolute atomic E-state index is 5.82. The van der Waals surface area contributed by atoms with E-state index in [2.05, 4.69) is 24.4 Å². The van der Waals surface area contributed by atoms with E-state index in [0.717, 1.165) is 12.8 Å². The predicted octanol–water partition coefficient (Wildman–Crippen LogP) is 2.81. The molecule has 0 amide bonds. The third kappa shape index (κ3) is 3.37. The van der Waals surface area contributed by atoms with Crippen molar-refractivity contribution in [3.8, 4) is 0 Å². The van der Waals surface area contributed by atoms with Crippen LogP contribution in [0.25, 0.3) is 0 Å². The van der Waals surface area contributed by atoms with Crippen molar-refractivity contribution < 1.29 is 0 Å². The summed E-state index contributed by atoms with van der Waals surface area (Å²) < 4.78 is 0. The van der Waals surface area contributed by atoms with Crippen molar-refractivity contribution in [2.24, 2.45) is 5.73 Å². The normalized spacial score (nSPS) is 13.2. The minimum Gasteiger partial charge on any atom is -0.328 e. The maximum atomic E-state index is 5.82. The van der Waals surface area contributed by atoms with E-state index in [0.29, 0.717) is 6.04 Å². The van der Waals surface area contributed by atoms with Gasteiger partial charge in [-0.15, -0.1) is 11.3 Å². The van der Waals surface area contributed by atoms with Gasteiger partial charge >= 0.3 is 0 Å². The Morgan fingerprint density at radius 1 is 1.58 bits per heavy atom. The molecule has 2 N–H and O–H groups in total. The Bertz CT molecular complexity index is 194. The van der Waals surface area contributed by atoms with E-state index in [-0.39, 0.29) is 0 Å². The minimum atomic E-state index is 0.407. The summed E-state index contributed by atoms with van der Waals surface area (Å²) in [4.78, 5) is 1.48. The summed E-state index contributed by atoms with van der Waals surface area (Å²) in [6.45, 7) is 2.15. The molecule has 1 rings (SSSR count). The van der Waals surface area contributed by atoms with Crippen molar-refractivity contribution in [3.63, 3.8) is 0 Å². The van der Waals surface area contributed by atoms with E-state index < -0.39 is 0 Å². The van der Waals surface area contributed by atoms with Gasteiger partial charge in [-0.3, -0.25) is 0 Å². The third-order valence-electron chi connectivity index (χ3n) is 2.10. The molecular weight excluding hydrogens is 166 g/mol. The fourth-order valence-electron chi connectivity index (χ4n) is 1.20. The Kier molecular flexibility index (Phi) is 4.33. The number of thiophene rings is 1. The molecule has 0 bridgehead atoms. The van der Waals surface area contributed by atoms with E-state index in [1.54, 1.807) is 0 Å². The Balaban J connectivity index is 2.11. The van der Waals surface area contributed by atoms with Crippen LogP contribution >= 0.6 is 11.3 Å². The summed E-state index contributed by atoms with van der Waals surface area (Å²) in [5, 5.41) is 2.13. The quantitative estimate of drug-likeness (QED) is 0.746. The molecule has 0 aliphatic heterocycles. The van der Waals surface area contributed by atoms with Gasteiger partial charge in [-0.05, 0) is 37.1 Å². The smallest absolute Gasteiger partial charge is 0.00452 e. The van der Waals surface area contributed by atoms with Crippen LogP contribution in [0.5, 0.6) is 0 Å². The van der Waals surface area contributed by atoms with Crippen LogP contribution in [-0.2, 0) is 6.42 Å². The van der Waals surface area contributed by atoms with Gasteiger partial charge in [-0.1, -0.05) is 13.0 Å². The van der Waals surface area contributed by atoms with E-state index in [9.17, 15) is 0 Å². The molecule has 1 nitrogen and oxygen atoms in total. The zero-order chi connectivity index (χ0) is 8.81. The first-order chi connectivity index (χ1) is 5.83. The first kappa shape index (κ1) is 9.75. The molecule has 1 atom stereocenters. The van der Waals surface area contributed by atoms with Crippen LogP contribution in [0.3, 0.4) is 0 Å². The van der Waals surface area contributed by atoms with Gasteiger partial charge in [0.05, 0.1) is 0 Å². The molecule has 0 aromatic carbocycles. The lowest BCUT2D eigenvalue weighted by atomic mass is 10.1. The summed E-state index contributed by atoms with van der Waals surface area (Å²) in [6, 6.07) is 4.71. The number of aryl methyl sites for hydroxylation is 1. The van der Waals surface area contributed by atoms with Gasteiger partial charge < -0.3 is 5.73 Å². The molecule has 1 heterocycles. The maximum Gasteiger partial charge on any atom is 0.00452 e. The highest BCUT2D eigenvalue weighted by Crippen LogP contribution is 2.12. The summed E-state index contributed by atoms with van der Waals surface area (Å²) >= 11 is 1.84. The number of hydrogen-bond donors (Lipinski definition) is 1. The Morgan fingerprint density at radius 3 is 3.00 bits per heavy atom. The molecule has 12 heavy (non-hydrogen) atoms. The summed E-state index contributed by atoms with van der Waals surface area (Å²) in [6.07, 6.45) is 4.69. The lowest BCUT2D eigenvalue weighted by Crippen LogP contribution is -2.18. The van der Waals surface area contributed by atoms with Gasteiger partial charge in [-0.25, -0.2) is 0 Å². The highest BCUT2D eigenvalue weighted by Gasteiger charge is 1.99. The monoisotopic (exact) mass is 183 g/mol. The fraction of sp³-hybridized carbons (Fsp3) is 0.600. The average molecular weight is 183 g/mol. The van der Waals surface area contributed by atoms with Crippen LogP contribution in [0.2, 0.25) is 0 Å². The van der Waals surface area contributed by atoms with Gasteiger partial charge in [-0.2, -0.15) is 0 Å². The van der Waals surface area contributed by atoms with Crippen LogP contribution in [-0.4, -0.2) is 6.04 Å². The second kappa shape index (κ2) is 5.33. The molecule has 1 unspecified atom stereocenters. The zero-order valence-electron chi connectivity index (χ0n) is 7.62. The standard InChI is InChI=1S/C10H17NS/c1-2-9(11)5-3-6-10-7-4-8-12-10/h4,7-9H,2-3,5-6,11H2,1H3. The summed E-state index contributed by atoms with van der Waals surface area (Å²) in [5.74, 6) is 0. The van der Waals surface area contributed by atoms with Crippen LogP contribution in [0.1, 0.15) is 31.1 Å². The molecule has 2 heteroatoms. The van der Waals surface area contributed by atoms with Gasteiger partial charge in [0, 0.05) is 10.9 Å². The second-order valence-corrected chi connectivity index (χ2v) is 4.17. The molecule has 0 spiro atoms. The summed E-state index contributed by atoms with van der Waals surface area (Å²) in [7, 11) is 0. The lowest BCUT2D eigenvalue weighted by Gasteiger charge is -2.06. The fourth-order valence-corrected chi connectivity index (χ4v) is 1.95. The van der Waals surface area contributed by atoms with Crippen LogP contribution < -0.4 is 5.73 Å². The van der Waals surface area contributed by atoms with E-state index >= 15 is 0 Å². The van der Waals surface area contributed by atoms with Crippen molar-refractivity contribution >= 4 is 11.3 Å². The Hall–Kier alpha value is -0.340. The number of hydrogen-bond acceptors (Lipinski definition) is 2. The minimum absolute atomic E-state index is 0.407. The second-order valence-electron chi connectivity index (χ2n) is 3.14. The van der Waals surface area contributed by atoms with Crippen molar-refractivity contribution in [1.82, 2.24) is 0 Å². The van der Waals surface area contributed by atoms with Gasteiger partial charge in [0.1, 0.15) is 0 Å². The van der Waals surface area contributed by atoms with Gasteiger partial charge in [0.25, 0.3) is 0 Å². The number of nitrogens with two attached hydrogens (primary N) is 1. The van der Waals surface area contributed by atoms with E-state index in [1.165, 1.54) is 17.7 Å². The largest absolute Gasteiger partial charge is 0.328 e. The average Bonchev–Trinajstić information content (AvgIpc) is 2.57. The van der Waals surface area contributed by atoms with Crippen molar-refractivity contribution in [2.45, 2.75) is 38.6 Å². The third-order valence-corrected chi connectivity index (χ3v) is 3.04. The molecule has 1 aromatic heterocycles. The highest BCUT2D eigenvalue weighted by molar-refractivity contribution is 7.09. The molecule has 68 valence electrons. The molecule has 1 aromatic rings. The molecule has 0 saturated carbocycles. The lowest BCUT2D eigenvalue weighted by molar-refractivity contribution is 0.570. The SMILES string of the molecule is CCC(N)CCCc1cccs1. The Morgan fingerprint density at radius 2 is 2.42 bits per heavy atom. The highest BCUT2D eigenvalue weighted by atomic mass is 32.1. The first-order valence-corrected chi connectivity index (χ1v) is 5.49. The first-order valence-electron chi connectivity index (χ1n) is 4.61. The van der Waals surface area contributed by atoms with E-state index in [4.69, 9.17) is 5.73 Å². The molecule has 0 saturated heterocycles. The molecule has 0 aliphatic carbocycles. The topological polar surface area (TPSA) is 26.0 Å². The molecule has 0 fully saturated rings. The number of rotatable bonds is 5. The van der Waals surface area contributed by atoms with Crippen molar-refractivity contribution in [2.75, 3.05) is 0 Å². The summed E-state index contributed by atoms with van der Waals surface area (Å²) in [5.41, 5.74) is 5.82. The Labute approximate surface area is 78.6 Å². The zero-order valence-corrected chi connectivity index (χ0v) is 8.44. The van der Waals surface area contributed by atoms with E-state index in [1.807, 2.05) is 11.3 Å². The van der Waals surface area contributed by atoms with Crippen molar-refractivity contribution in [1.29, 1.82) is 0 Å². The van der Waals surface area contributed by atoms with Crippen LogP contribution in [0.4, 0.5) is 0 Å². The molecule has 0 radical (unpaired) electrons. The van der Waals surface area contributed by atoms with Crippen LogP contribution in [0, 0.1) is 0 Å². The van der Waals surface area contributed by atoms with Crippen LogP contribution in [0.15, 0.2) is 17.5 Å². The van der Waals surface area contributed by atoms with Gasteiger partial charge in [0.2, 0.25) is 0 Å².